The first-order chi connectivity index (χ1) is 17.4. The van der Waals surface area contributed by atoms with Crippen LogP contribution in [-0.4, -0.2) is 38.4 Å². The number of nitrogens with zero attached hydrogens (tertiary/aromatic N) is 5. The lowest BCUT2D eigenvalue weighted by Gasteiger charge is -2.14. The van der Waals surface area contributed by atoms with Crippen molar-refractivity contribution in [1.29, 1.82) is 0 Å². The third-order valence-electron chi connectivity index (χ3n) is 5.64. The van der Waals surface area contributed by atoms with Crippen molar-refractivity contribution >= 4 is 22.4 Å². The van der Waals surface area contributed by atoms with Crippen LogP contribution in [0.5, 0.6) is 5.75 Å². The molecule has 5 rings (SSSR count). The summed E-state index contributed by atoms with van der Waals surface area (Å²) in [6.45, 7) is 1.64. The Labute approximate surface area is 208 Å². The number of hydrogen-bond donors (Lipinski definition) is 1. The molecule has 9 nitrogen and oxygen atoms in total. The van der Waals surface area contributed by atoms with Crippen molar-refractivity contribution in [3.05, 3.63) is 52.6 Å². The van der Waals surface area contributed by atoms with Gasteiger partial charge in [-0.25, -0.2) is 8.78 Å². The van der Waals surface area contributed by atoms with Crippen LogP contribution in [0.4, 0.5) is 13.9 Å². The molecular weight excluding hydrogens is 490 g/mol. The van der Waals surface area contributed by atoms with Crippen LogP contribution in [0.15, 0.2) is 34.9 Å². The Hall–Kier alpha value is -4.24. The summed E-state index contributed by atoms with van der Waals surface area (Å²) < 4.78 is 37.8. The second-order valence-electron chi connectivity index (χ2n) is 8.01. The number of anilines is 1. The van der Waals surface area contributed by atoms with E-state index >= 15 is 0 Å². The molecular formula is C24H18F2N6O3S. The number of carbonyl (C=O) groups excluding carboxylic acids is 1. The van der Waals surface area contributed by atoms with E-state index in [1.165, 1.54) is 30.7 Å². The van der Waals surface area contributed by atoms with Gasteiger partial charge in [-0.2, -0.15) is 0 Å². The Bertz CT molecular complexity index is 1500. The van der Waals surface area contributed by atoms with Crippen LogP contribution in [0.1, 0.15) is 45.7 Å². The molecule has 1 saturated carbocycles. The van der Waals surface area contributed by atoms with Gasteiger partial charge >= 0.3 is 0 Å². The molecule has 4 aromatic rings. The van der Waals surface area contributed by atoms with Crippen LogP contribution >= 0.6 is 11.3 Å². The smallest absolute Gasteiger partial charge is 0.280 e. The first-order valence-electron chi connectivity index (χ1n) is 10.8. The predicted molar refractivity (Wildman–Crippen MR) is 127 cm³/mol. The highest BCUT2D eigenvalue weighted by molar-refractivity contribution is 7.15. The van der Waals surface area contributed by atoms with Crippen LogP contribution in [0.25, 0.3) is 22.6 Å². The number of benzene rings is 1. The van der Waals surface area contributed by atoms with E-state index in [1.54, 1.807) is 25.1 Å². The van der Waals surface area contributed by atoms with Crippen LogP contribution < -0.4 is 10.1 Å². The highest BCUT2D eigenvalue weighted by atomic mass is 32.1. The summed E-state index contributed by atoms with van der Waals surface area (Å²) in [6, 6.07) is 5.95. The molecule has 3 aromatic heterocycles. The highest BCUT2D eigenvalue weighted by Crippen LogP contribution is 2.48. The third-order valence-corrected chi connectivity index (χ3v) is 6.61. The number of terminal acetylenes is 1. The second kappa shape index (κ2) is 9.43. The molecule has 0 spiro atoms. The summed E-state index contributed by atoms with van der Waals surface area (Å²) in [5.74, 6) is 3.25. The maximum atomic E-state index is 13.5. The first-order valence-corrected chi connectivity index (χ1v) is 11.6. The van der Waals surface area contributed by atoms with E-state index in [2.05, 4.69) is 36.6 Å². The number of rotatable bonds is 7. The van der Waals surface area contributed by atoms with Crippen molar-refractivity contribution in [3.8, 4) is 40.7 Å². The average Bonchev–Trinajstić information content (AvgIpc) is 3.31. The SMILES string of the molecule is C#C[C@H]1CC1c1nnc(NC(=O)c2ccc(-c3nnc(C)o3)cc2-c2cc(C(F)F)ncc2OC)s1. The molecule has 0 radical (unpaired) electrons. The van der Waals surface area contributed by atoms with Crippen LogP contribution in [-0.2, 0) is 0 Å². The molecule has 1 N–H and O–H groups in total. The van der Waals surface area contributed by atoms with Crippen molar-refractivity contribution in [3.63, 3.8) is 0 Å². The number of carbonyl (C=O) groups is 1. The van der Waals surface area contributed by atoms with E-state index in [0.29, 0.717) is 22.1 Å². The van der Waals surface area contributed by atoms with Crippen molar-refractivity contribution in [1.82, 2.24) is 25.4 Å². The molecule has 12 heteroatoms. The van der Waals surface area contributed by atoms with Gasteiger partial charge in [-0.05, 0) is 36.2 Å². The lowest BCUT2D eigenvalue weighted by atomic mass is 9.96. The van der Waals surface area contributed by atoms with Crippen molar-refractivity contribution in [2.75, 3.05) is 12.4 Å². The van der Waals surface area contributed by atoms with Gasteiger partial charge in [0.05, 0.1) is 13.3 Å². The number of hydrogen-bond acceptors (Lipinski definition) is 9. The van der Waals surface area contributed by atoms with Crippen molar-refractivity contribution in [2.45, 2.75) is 25.7 Å². The summed E-state index contributed by atoms with van der Waals surface area (Å²) in [7, 11) is 1.39. The Morgan fingerprint density at radius 1 is 1.25 bits per heavy atom. The lowest BCUT2D eigenvalue weighted by molar-refractivity contribution is 0.102. The Kier molecular flexibility index (Phi) is 6.15. The first kappa shape index (κ1) is 23.5. The summed E-state index contributed by atoms with van der Waals surface area (Å²) in [5.41, 5.74) is 0.772. The molecule has 1 aliphatic rings. The molecule has 36 heavy (non-hydrogen) atoms. The number of alkyl halides is 2. The monoisotopic (exact) mass is 508 g/mol. The Balaban J connectivity index is 1.55. The maximum absolute atomic E-state index is 13.5. The van der Waals surface area contributed by atoms with Crippen LogP contribution in [0.2, 0.25) is 0 Å². The molecule has 182 valence electrons. The molecule has 0 aliphatic heterocycles. The van der Waals surface area contributed by atoms with Gasteiger partial charge in [0.2, 0.25) is 16.9 Å². The molecule has 1 unspecified atom stereocenters. The molecule has 2 atom stereocenters. The lowest BCUT2D eigenvalue weighted by Crippen LogP contribution is -2.13. The quantitative estimate of drug-likeness (QED) is 0.351. The summed E-state index contributed by atoms with van der Waals surface area (Å²) in [5, 5.41) is 19.8. The average molecular weight is 509 g/mol. The van der Waals surface area contributed by atoms with Crippen LogP contribution in [0.3, 0.4) is 0 Å². The summed E-state index contributed by atoms with van der Waals surface area (Å²) in [6.07, 6.45) is 4.68. The summed E-state index contributed by atoms with van der Waals surface area (Å²) in [4.78, 5) is 17.1. The molecule has 1 fully saturated rings. The number of halogens is 2. The molecule has 3 heterocycles. The van der Waals surface area contributed by atoms with E-state index in [1.807, 2.05) is 0 Å². The Morgan fingerprint density at radius 2 is 2.08 bits per heavy atom. The largest absolute Gasteiger partial charge is 0.494 e. The van der Waals surface area contributed by atoms with E-state index in [0.717, 1.165) is 11.4 Å². The van der Waals surface area contributed by atoms with E-state index < -0.39 is 18.0 Å². The number of methoxy groups -OCH3 is 1. The number of nitrogens with one attached hydrogen (secondary N) is 1. The van der Waals surface area contributed by atoms with E-state index in [9.17, 15) is 13.6 Å². The third kappa shape index (κ3) is 4.52. The zero-order chi connectivity index (χ0) is 25.4. The summed E-state index contributed by atoms with van der Waals surface area (Å²) >= 11 is 1.25. The highest BCUT2D eigenvalue weighted by Gasteiger charge is 2.39. The van der Waals surface area contributed by atoms with Gasteiger partial charge < -0.3 is 9.15 Å². The zero-order valence-corrected chi connectivity index (χ0v) is 19.8. The Morgan fingerprint density at radius 3 is 2.75 bits per heavy atom. The van der Waals surface area contributed by atoms with Gasteiger partial charge in [0.15, 0.2) is 0 Å². The van der Waals surface area contributed by atoms with Crippen molar-refractivity contribution < 1.29 is 22.7 Å². The van der Waals surface area contributed by atoms with E-state index in [-0.39, 0.29) is 34.6 Å². The number of ether oxygens (including phenoxy) is 1. The topological polar surface area (TPSA) is 116 Å². The fraction of sp³-hybridized carbons (Fsp3) is 0.250. The zero-order valence-electron chi connectivity index (χ0n) is 19.0. The number of aromatic nitrogens is 5. The molecule has 0 bridgehead atoms. The fourth-order valence-corrected chi connectivity index (χ4v) is 4.63. The number of pyridine rings is 1. The van der Waals surface area contributed by atoms with E-state index in [4.69, 9.17) is 15.6 Å². The number of amides is 1. The van der Waals surface area contributed by atoms with Gasteiger partial charge in [0.25, 0.3) is 12.3 Å². The molecule has 1 aliphatic carbocycles. The predicted octanol–water partition coefficient (Wildman–Crippen LogP) is 4.89. The molecule has 1 amide bonds. The maximum Gasteiger partial charge on any atom is 0.280 e. The fourth-order valence-electron chi connectivity index (χ4n) is 3.71. The van der Waals surface area contributed by atoms with Crippen LogP contribution in [0, 0.1) is 25.2 Å². The van der Waals surface area contributed by atoms with Crippen molar-refractivity contribution in [2.24, 2.45) is 5.92 Å². The van der Waals surface area contributed by atoms with Gasteiger partial charge in [-0.1, -0.05) is 11.3 Å². The van der Waals surface area contributed by atoms with Gasteiger partial charge in [0, 0.05) is 35.4 Å². The molecule has 1 aromatic carbocycles. The molecule has 0 saturated heterocycles. The normalized spacial score (nSPS) is 16.6. The standard InChI is InChI=1S/C24H18F2N6O3S/c1-4-12-7-15(12)23-31-32-24(36-23)28-21(33)14-6-5-13(22-30-29-11(2)35-22)8-16(14)17-9-18(20(25)26)27-10-19(17)34-3/h1,5-6,8-10,12,15,20H,7H2,2-3H3,(H,28,32,33)/t12-,15?/m0/s1. The van der Waals surface area contributed by atoms with Gasteiger partial charge in [0.1, 0.15) is 16.5 Å². The minimum atomic E-state index is -2.82. The minimum absolute atomic E-state index is 0.136. The minimum Gasteiger partial charge on any atom is -0.494 e. The van der Waals surface area contributed by atoms with Gasteiger partial charge in [-0.3, -0.25) is 15.1 Å². The van der Waals surface area contributed by atoms with Gasteiger partial charge in [-0.15, -0.1) is 32.7 Å². The number of aryl methyl sites for hydroxylation is 1. The second-order valence-corrected chi connectivity index (χ2v) is 9.02.